The number of nitrogens with zero attached hydrogens (tertiary/aromatic N) is 2. The molecule has 10 heteroatoms. The van der Waals surface area contributed by atoms with Crippen molar-refractivity contribution in [3.05, 3.63) is 53.1 Å². The highest BCUT2D eigenvalue weighted by molar-refractivity contribution is 7.92. The molecule has 1 amide bonds. The Morgan fingerprint density at radius 2 is 1.82 bits per heavy atom. The third-order valence-electron chi connectivity index (χ3n) is 7.83. The zero-order valence-electron chi connectivity index (χ0n) is 23.0. The fraction of sp³-hybridized carbons (Fsp3) is 0.552. The fourth-order valence-corrected chi connectivity index (χ4v) is 6.70. The number of anilines is 1. The number of likely N-dealkylation sites (N-methyl/N-ethyl adjacent to an activating group) is 1. The van der Waals surface area contributed by atoms with Gasteiger partial charge in [-0.3, -0.25) is 9.52 Å². The molecule has 4 rings (SSSR count). The van der Waals surface area contributed by atoms with E-state index >= 15 is 0 Å². The molecular formula is C29H40ClN3O5S. The monoisotopic (exact) mass is 577 g/mol. The van der Waals surface area contributed by atoms with Gasteiger partial charge in [0.1, 0.15) is 11.9 Å². The van der Waals surface area contributed by atoms with Gasteiger partial charge >= 0.3 is 0 Å². The van der Waals surface area contributed by atoms with Crippen LogP contribution >= 0.6 is 11.6 Å². The number of nitrogens with one attached hydrogen (secondary N) is 1. The molecule has 8 nitrogen and oxygen atoms in total. The highest BCUT2D eigenvalue weighted by Gasteiger charge is 2.34. The van der Waals surface area contributed by atoms with Crippen LogP contribution in [0.25, 0.3) is 0 Å². The second kappa shape index (κ2) is 12.9. The number of benzene rings is 2. The number of ether oxygens (including phenoxy) is 1. The Kier molecular flexibility index (Phi) is 9.80. The topological polar surface area (TPSA) is 99.2 Å². The maximum atomic E-state index is 13.7. The smallest absolute Gasteiger partial charge is 0.261 e. The number of hydrogen-bond acceptors (Lipinski definition) is 6. The van der Waals surface area contributed by atoms with Crippen LogP contribution in [0.4, 0.5) is 5.69 Å². The van der Waals surface area contributed by atoms with E-state index < -0.39 is 16.1 Å². The molecule has 0 saturated heterocycles. The van der Waals surface area contributed by atoms with Crippen molar-refractivity contribution >= 4 is 33.2 Å². The predicted molar refractivity (Wildman–Crippen MR) is 154 cm³/mol. The first-order valence-electron chi connectivity index (χ1n) is 13.8. The number of halogens is 1. The fourth-order valence-electron chi connectivity index (χ4n) is 5.52. The third kappa shape index (κ3) is 7.45. The van der Waals surface area contributed by atoms with Crippen LogP contribution in [0.5, 0.6) is 5.75 Å². The summed E-state index contributed by atoms with van der Waals surface area (Å²) in [6.07, 6.45) is 6.25. The average Bonchev–Trinajstić information content (AvgIpc) is 2.91. The molecule has 0 bridgehead atoms. The largest absolute Gasteiger partial charge is 0.488 e. The van der Waals surface area contributed by atoms with Crippen LogP contribution in [0, 0.1) is 11.8 Å². The lowest BCUT2D eigenvalue weighted by Crippen LogP contribution is -2.50. The molecule has 2 N–H and O–H groups in total. The SMILES string of the molecule is C[C@H]1CN([C@@H](C)CO)C(=O)c2cc(NS(=O)(=O)c3ccc(Cl)cc3)ccc2O[C@@H]1CN(C)CC1CCCCC1. The van der Waals surface area contributed by atoms with E-state index in [1.54, 1.807) is 17.0 Å². The predicted octanol–water partition coefficient (Wildman–Crippen LogP) is 4.87. The molecule has 0 aromatic heterocycles. The van der Waals surface area contributed by atoms with E-state index in [0.717, 1.165) is 6.54 Å². The number of aliphatic hydroxyl groups is 1. The molecule has 2 aromatic rings. The number of hydrogen-bond donors (Lipinski definition) is 2. The van der Waals surface area contributed by atoms with Crippen molar-refractivity contribution < 1.29 is 23.1 Å². The van der Waals surface area contributed by atoms with Gasteiger partial charge in [-0.15, -0.1) is 0 Å². The first kappa shape index (κ1) is 29.6. The first-order valence-corrected chi connectivity index (χ1v) is 15.6. The van der Waals surface area contributed by atoms with Crippen LogP contribution in [0.2, 0.25) is 5.02 Å². The maximum absolute atomic E-state index is 13.7. The van der Waals surface area contributed by atoms with Crippen molar-refractivity contribution in [2.75, 3.05) is 38.0 Å². The molecule has 1 aliphatic carbocycles. The van der Waals surface area contributed by atoms with Gasteiger partial charge in [-0.25, -0.2) is 8.42 Å². The average molecular weight is 578 g/mol. The minimum Gasteiger partial charge on any atom is -0.488 e. The van der Waals surface area contributed by atoms with Gasteiger partial charge < -0.3 is 19.6 Å². The van der Waals surface area contributed by atoms with Crippen molar-refractivity contribution in [1.29, 1.82) is 0 Å². The second-order valence-corrected chi connectivity index (χ2v) is 13.2. The van der Waals surface area contributed by atoms with Crippen LogP contribution in [-0.2, 0) is 10.0 Å². The van der Waals surface area contributed by atoms with E-state index in [2.05, 4.69) is 23.6 Å². The highest BCUT2D eigenvalue weighted by atomic mass is 35.5. The number of aliphatic hydroxyl groups excluding tert-OH is 1. The van der Waals surface area contributed by atoms with Crippen LogP contribution in [-0.4, -0.2) is 74.7 Å². The van der Waals surface area contributed by atoms with Crippen LogP contribution in [0.3, 0.4) is 0 Å². The molecule has 3 atom stereocenters. The molecule has 39 heavy (non-hydrogen) atoms. The minimum absolute atomic E-state index is 0.0213. The second-order valence-electron chi connectivity index (χ2n) is 11.1. The van der Waals surface area contributed by atoms with E-state index in [0.29, 0.717) is 29.8 Å². The highest BCUT2D eigenvalue weighted by Crippen LogP contribution is 2.32. The normalized spacial score (nSPS) is 21.6. The van der Waals surface area contributed by atoms with E-state index in [-0.39, 0.29) is 40.7 Å². The Bertz CT molecular complexity index is 1230. The zero-order chi connectivity index (χ0) is 28.2. The van der Waals surface area contributed by atoms with Gasteiger partial charge in [-0.2, -0.15) is 0 Å². The molecule has 2 aromatic carbocycles. The summed E-state index contributed by atoms with van der Waals surface area (Å²) >= 11 is 5.91. The van der Waals surface area contributed by atoms with E-state index in [1.165, 1.54) is 62.4 Å². The number of rotatable bonds is 9. The molecule has 1 saturated carbocycles. The summed E-state index contributed by atoms with van der Waals surface area (Å²) in [6, 6.07) is 10.2. The summed E-state index contributed by atoms with van der Waals surface area (Å²) in [5.41, 5.74) is 0.510. The Morgan fingerprint density at radius 1 is 1.13 bits per heavy atom. The summed E-state index contributed by atoms with van der Waals surface area (Å²) in [6.45, 7) is 5.84. The Balaban J connectivity index is 1.60. The molecular weight excluding hydrogens is 538 g/mol. The lowest BCUT2D eigenvalue weighted by molar-refractivity contribution is 0.0330. The van der Waals surface area contributed by atoms with Crippen molar-refractivity contribution in [2.24, 2.45) is 11.8 Å². The number of fused-ring (bicyclic) bond motifs is 1. The first-order chi connectivity index (χ1) is 18.6. The molecule has 2 aliphatic rings. The number of sulfonamides is 1. The Hall–Kier alpha value is -2.33. The van der Waals surface area contributed by atoms with Crippen LogP contribution < -0.4 is 9.46 Å². The summed E-state index contributed by atoms with van der Waals surface area (Å²) in [4.78, 5) is 17.7. The third-order valence-corrected chi connectivity index (χ3v) is 9.48. The van der Waals surface area contributed by atoms with E-state index in [9.17, 15) is 18.3 Å². The molecule has 1 heterocycles. The van der Waals surface area contributed by atoms with Gasteiger partial charge in [-0.1, -0.05) is 37.8 Å². The number of carbonyl (C=O) groups excluding carboxylic acids is 1. The van der Waals surface area contributed by atoms with E-state index in [4.69, 9.17) is 16.3 Å². The van der Waals surface area contributed by atoms with Gasteiger partial charge in [0.15, 0.2) is 0 Å². The van der Waals surface area contributed by atoms with Gasteiger partial charge in [0.2, 0.25) is 0 Å². The number of carbonyl (C=O) groups is 1. The van der Waals surface area contributed by atoms with Crippen molar-refractivity contribution in [1.82, 2.24) is 9.80 Å². The molecule has 1 aliphatic heterocycles. The van der Waals surface area contributed by atoms with Gasteiger partial charge in [-0.05, 0) is 75.2 Å². The molecule has 0 spiro atoms. The summed E-state index contributed by atoms with van der Waals surface area (Å²) in [5.74, 6) is 0.823. The van der Waals surface area contributed by atoms with Crippen molar-refractivity contribution in [2.45, 2.75) is 63.0 Å². The lowest BCUT2D eigenvalue weighted by atomic mass is 9.89. The summed E-state index contributed by atoms with van der Waals surface area (Å²) in [7, 11) is -1.77. The lowest BCUT2D eigenvalue weighted by Gasteiger charge is -2.38. The Morgan fingerprint density at radius 3 is 2.49 bits per heavy atom. The van der Waals surface area contributed by atoms with Gasteiger partial charge in [0.25, 0.3) is 15.9 Å². The molecule has 0 unspecified atom stereocenters. The van der Waals surface area contributed by atoms with Gasteiger partial charge in [0, 0.05) is 36.3 Å². The van der Waals surface area contributed by atoms with Crippen molar-refractivity contribution in [3.8, 4) is 5.75 Å². The number of amides is 1. The maximum Gasteiger partial charge on any atom is 0.261 e. The summed E-state index contributed by atoms with van der Waals surface area (Å²) < 4.78 is 35.0. The quantitative estimate of drug-likeness (QED) is 0.441. The van der Waals surface area contributed by atoms with E-state index in [1.807, 2.05) is 6.92 Å². The van der Waals surface area contributed by atoms with Gasteiger partial charge in [0.05, 0.1) is 23.1 Å². The van der Waals surface area contributed by atoms with Crippen molar-refractivity contribution in [3.63, 3.8) is 0 Å². The Labute approximate surface area is 237 Å². The standard InChI is InChI=1S/C29H40ClN3O5S/c1-20-16-33(21(2)19-34)29(35)26-15-24(31-39(36,37)25-12-9-23(30)10-13-25)11-14-27(26)38-28(20)18-32(3)17-22-7-5-4-6-8-22/h9-15,20-22,28,31,34H,4-8,16-19H2,1-3H3/t20-,21-,28+/m0/s1. The molecule has 214 valence electrons. The van der Waals surface area contributed by atoms with Crippen LogP contribution in [0.15, 0.2) is 47.4 Å². The molecule has 0 radical (unpaired) electrons. The molecule has 1 fully saturated rings. The minimum atomic E-state index is -3.90. The summed E-state index contributed by atoms with van der Waals surface area (Å²) in [5, 5.41) is 10.3. The zero-order valence-corrected chi connectivity index (χ0v) is 24.5. The van der Waals surface area contributed by atoms with Crippen LogP contribution in [0.1, 0.15) is 56.3 Å².